The molecular weight excluding hydrogens is 252 g/mol. The maximum absolute atomic E-state index is 11.5. The van der Waals surface area contributed by atoms with Gasteiger partial charge in [-0.05, 0) is 39.1 Å². The van der Waals surface area contributed by atoms with E-state index in [0.717, 1.165) is 19.4 Å². The van der Waals surface area contributed by atoms with Crippen molar-refractivity contribution in [2.24, 2.45) is 5.73 Å². The van der Waals surface area contributed by atoms with Gasteiger partial charge in [-0.15, -0.1) is 0 Å². The molecule has 0 saturated heterocycles. The van der Waals surface area contributed by atoms with E-state index >= 15 is 0 Å². The van der Waals surface area contributed by atoms with E-state index in [-0.39, 0.29) is 5.54 Å². The summed E-state index contributed by atoms with van der Waals surface area (Å²) >= 11 is 0. The molecule has 1 aliphatic carbocycles. The van der Waals surface area contributed by atoms with Crippen molar-refractivity contribution in [3.63, 3.8) is 0 Å². The van der Waals surface area contributed by atoms with Crippen molar-refractivity contribution in [2.45, 2.75) is 31.2 Å². The number of anilines is 2. The van der Waals surface area contributed by atoms with Gasteiger partial charge in [0.1, 0.15) is 0 Å². The maximum Gasteiger partial charge on any atom is 0.250 e. The first-order valence-electron chi connectivity index (χ1n) is 7.06. The van der Waals surface area contributed by atoms with Crippen LogP contribution < -0.4 is 16.8 Å². The lowest BCUT2D eigenvalue weighted by Crippen LogP contribution is -2.47. The van der Waals surface area contributed by atoms with Crippen LogP contribution in [0.2, 0.25) is 0 Å². The molecule has 0 aromatic heterocycles. The fourth-order valence-electron chi connectivity index (χ4n) is 3.04. The second kappa shape index (κ2) is 5.71. The van der Waals surface area contributed by atoms with Gasteiger partial charge in [0, 0.05) is 12.1 Å². The minimum Gasteiger partial charge on any atom is -0.397 e. The van der Waals surface area contributed by atoms with Gasteiger partial charge < -0.3 is 21.7 Å². The first-order valence-corrected chi connectivity index (χ1v) is 7.06. The van der Waals surface area contributed by atoms with Gasteiger partial charge in [-0.1, -0.05) is 18.9 Å². The van der Waals surface area contributed by atoms with Crippen molar-refractivity contribution in [3.8, 4) is 0 Å². The topological polar surface area (TPSA) is 84.4 Å². The summed E-state index contributed by atoms with van der Waals surface area (Å²) in [6.07, 6.45) is 4.80. The Morgan fingerprint density at radius 2 is 2.00 bits per heavy atom. The van der Waals surface area contributed by atoms with E-state index in [2.05, 4.69) is 24.3 Å². The van der Waals surface area contributed by atoms with Crippen LogP contribution >= 0.6 is 0 Å². The molecule has 0 spiro atoms. The van der Waals surface area contributed by atoms with Gasteiger partial charge in [0.15, 0.2) is 0 Å². The molecule has 1 aliphatic rings. The number of nitrogens with zero attached hydrogens (tertiary/aromatic N) is 1. The third kappa shape index (κ3) is 2.72. The highest BCUT2D eigenvalue weighted by molar-refractivity contribution is 6.01. The van der Waals surface area contributed by atoms with Crippen LogP contribution in [0.5, 0.6) is 0 Å². The highest BCUT2D eigenvalue weighted by atomic mass is 16.1. The van der Waals surface area contributed by atoms with E-state index in [4.69, 9.17) is 11.5 Å². The molecule has 0 radical (unpaired) electrons. The summed E-state index contributed by atoms with van der Waals surface area (Å²) in [5, 5.41) is 3.36. The molecule has 5 N–H and O–H groups in total. The Morgan fingerprint density at radius 1 is 1.35 bits per heavy atom. The number of amides is 1. The standard InChI is InChI=1S/C15H24N4O/c1-19(2)15(8-3-4-9-15)10-18-13-11(14(17)20)6-5-7-12(13)16/h5-7,18H,3-4,8-10,16H2,1-2H3,(H2,17,20). The molecular formula is C15H24N4O. The summed E-state index contributed by atoms with van der Waals surface area (Å²) in [5.74, 6) is -0.454. The summed E-state index contributed by atoms with van der Waals surface area (Å²) in [6, 6.07) is 5.24. The van der Waals surface area contributed by atoms with Gasteiger partial charge in [-0.3, -0.25) is 4.79 Å². The number of primary amides is 1. The zero-order chi connectivity index (χ0) is 14.8. The Bertz CT molecular complexity index is 493. The van der Waals surface area contributed by atoms with Crippen LogP contribution in [0.3, 0.4) is 0 Å². The Kier molecular flexibility index (Phi) is 4.18. The zero-order valence-electron chi connectivity index (χ0n) is 12.3. The van der Waals surface area contributed by atoms with Gasteiger partial charge in [-0.2, -0.15) is 0 Å². The predicted molar refractivity (Wildman–Crippen MR) is 82.7 cm³/mol. The fourth-order valence-corrected chi connectivity index (χ4v) is 3.04. The van der Waals surface area contributed by atoms with Crippen LogP contribution in [0.15, 0.2) is 18.2 Å². The predicted octanol–water partition coefficient (Wildman–Crippen LogP) is 1.65. The number of likely N-dealkylation sites (N-methyl/N-ethyl adjacent to an activating group) is 1. The van der Waals surface area contributed by atoms with Crippen LogP contribution in [0.4, 0.5) is 11.4 Å². The number of para-hydroxylation sites is 1. The van der Waals surface area contributed by atoms with Crippen molar-refractivity contribution < 1.29 is 4.79 Å². The second-order valence-corrected chi connectivity index (χ2v) is 5.81. The largest absolute Gasteiger partial charge is 0.397 e. The molecule has 1 aromatic rings. The normalized spacial score (nSPS) is 17.4. The fraction of sp³-hybridized carbons (Fsp3) is 0.533. The minimum atomic E-state index is -0.454. The van der Waals surface area contributed by atoms with Gasteiger partial charge in [-0.25, -0.2) is 0 Å². The lowest BCUT2D eigenvalue weighted by atomic mass is 9.95. The van der Waals surface area contributed by atoms with Crippen LogP contribution in [0.1, 0.15) is 36.0 Å². The molecule has 1 saturated carbocycles. The summed E-state index contributed by atoms with van der Waals surface area (Å²) in [5.41, 5.74) is 13.2. The number of carbonyl (C=O) groups is 1. The van der Waals surface area contributed by atoms with Crippen LogP contribution in [0.25, 0.3) is 0 Å². The number of hydrogen-bond acceptors (Lipinski definition) is 4. The maximum atomic E-state index is 11.5. The Hall–Kier alpha value is -1.75. The van der Waals surface area contributed by atoms with Crippen molar-refractivity contribution in [3.05, 3.63) is 23.8 Å². The lowest BCUT2D eigenvalue weighted by molar-refractivity contribution is 0.100. The van der Waals surface area contributed by atoms with Crippen molar-refractivity contribution in [1.82, 2.24) is 4.90 Å². The van der Waals surface area contributed by atoms with E-state index in [1.807, 2.05) is 0 Å². The molecule has 0 aliphatic heterocycles. The summed E-state index contributed by atoms with van der Waals surface area (Å²) in [4.78, 5) is 13.8. The van der Waals surface area contributed by atoms with Crippen molar-refractivity contribution >= 4 is 17.3 Å². The van der Waals surface area contributed by atoms with Gasteiger partial charge in [0.2, 0.25) is 0 Å². The van der Waals surface area contributed by atoms with Crippen molar-refractivity contribution in [2.75, 3.05) is 31.7 Å². The number of nitrogen functional groups attached to an aromatic ring is 1. The number of nitrogens with two attached hydrogens (primary N) is 2. The van der Waals surface area contributed by atoms with E-state index in [1.54, 1.807) is 18.2 Å². The number of carbonyl (C=O) groups excluding carboxylic acids is 1. The average molecular weight is 276 g/mol. The molecule has 2 rings (SSSR count). The Labute approximate surface area is 120 Å². The Balaban J connectivity index is 2.20. The minimum absolute atomic E-state index is 0.136. The molecule has 1 aromatic carbocycles. The number of benzene rings is 1. The highest BCUT2D eigenvalue weighted by Crippen LogP contribution is 2.35. The quantitative estimate of drug-likeness (QED) is 0.714. The van der Waals surface area contributed by atoms with Crippen LogP contribution in [0, 0.1) is 0 Å². The summed E-state index contributed by atoms with van der Waals surface area (Å²) < 4.78 is 0. The second-order valence-electron chi connectivity index (χ2n) is 5.81. The van der Waals surface area contributed by atoms with Crippen LogP contribution in [-0.4, -0.2) is 37.0 Å². The lowest BCUT2D eigenvalue weighted by Gasteiger charge is -2.37. The first kappa shape index (κ1) is 14.7. The molecule has 0 heterocycles. The SMILES string of the molecule is CN(C)C1(CNc2c(N)cccc2C(N)=O)CCCC1. The zero-order valence-corrected chi connectivity index (χ0v) is 12.3. The summed E-state index contributed by atoms with van der Waals surface area (Å²) in [7, 11) is 4.21. The van der Waals surface area contributed by atoms with Gasteiger partial charge in [0.25, 0.3) is 5.91 Å². The van der Waals surface area contributed by atoms with E-state index in [1.165, 1.54) is 12.8 Å². The van der Waals surface area contributed by atoms with Crippen molar-refractivity contribution in [1.29, 1.82) is 0 Å². The van der Waals surface area contributed by atoms with Crippen LogP contribution in [-0.2, 0) is 0 Å². The van der Waals surface area contributed by atoms with E-state index < -0.39 is 5.91 Å². The molecule has 20 heavy (non-hydrogen) atoms. The molecule has 0 bridgehead atoms. The number of rotatable bonds is 5. The third-order valence-corrected chi connectivity index (χ3v) is 4.44. The van der Waals surface area contributed by atoms with E-state index in [9.17, 15) is 4.79 Å². The molecule has 0 atom stereocenters. The highest BCUT2D eigenvalue weighted by Gasteiger charge is 2.35. The number of hydrogen-bond donors (Lipinski definition) is 3. The van der Waals surface area contributed by atoms with Gasteiger partial charge in [0.05, 0.1) is 16.9 Å². The molecule has 1 fully saturated rings. The summed E-state index contributed by atoms with van der Waals surface area (Å²) in [6.45, 7) is 0.772. The molecule has 1 amide bonds. The monoisotopic (exact) mass is 276 g/mol. The third-order valence-electron chi connectivity index (χ3n) is 4.44. The van der Waals surface area contributed by atoms with E-state index in [0.29, 0.717) is 16.9 Å². The Morgan fingerprint density at radius 3 is 2.55 bits per heavy atom. The smallest absolute Gasteiger partial charge is 0.250 e. The molecule has 110 valence electrons. The molecule has 5 heteroatoms. The number of nitrogens with one attached hydrogen (secondary N) is 1. The average Bonchev–Trinajstić information content (AvgIpc) is 2.87. The first-order chi connectivity index (χ1) is 9.46. The molecule has 0 unspecified atom stereocenters. The molecule has 5 nitrogen and oxygen atoms in total. The van der Waals surface area contributed by atoms with Gasteiger partial charge >= 0.3 is 0 Å².